The maximum absolute atomic E-state index is 13.2. The molecule has 0 bridgehead atoms. The molecule has 4 rings (SSSR count). The Morgan fingerprint density at radius 1 is 1.10 bits per heavy atom. The highest BCUT2D eigenvalue weighted by atomic mass is 32.2. The van der Waals surface area contributed by atoms with E-state index in [1.165, 1.54) is 48.9 Å². The van der Waals surface area contributed by atoms with Crippen LogP contribution in [0.15, 0.2) is 78.1 Å². The third-order valence-electron chi connectivity index (χ3n) is 4.48. The second-order valence-corrected chi connectivity index (χ2v) is 8.00. The molecule has 4 aromatic rings. The van der Waals surface area contributed by atoms with Gasteiger partial charge in [-0.15, -0.1) is 0 Å². The molecule has 2 aromatic carbocycles. The summed E-state index contributed by atoms with van der Waals surface area (Å²) in [5, 5.41) is 20.8. The normalized spacial score (nSPS) is 11.3. The number of benzene rings is 2. The van der Waals surface area contributed by atoms with Crippen molar-refractivity contribution in [1.29, 1.82) is 5.26 Å². The van der Waals surface area contributed by atoms with Crippen LogP contribution in [0.5, 0.6) is 0 Å². The number of nitro groups is 1. The molecule has 0 saturated heterocycles. The van der Waals surface area contributed by atoms with Crippen LogP contribution in [0, 0.1) is 21.4 Å². The number of pyridine rings is 1. The van der Waals surface area contributed by atoms with Gasteiger partial charge in [-0.3, -0.25) is 15.1 Å². The summed E-state index contributed by atoms with van der Waals surface area (Å²) < 4.78 is 27.4. The Labute approximate surface area is 165 Å². The number of nitro benzene ring substituents is 1. The van der Waals surface area contributed by atoms with Gasteiger partial charge in [0.15, 0.2) is 0 Å². The predicted molar refractivity (Wildman–Crippen MR) is 106 cm³/mol. The van der Waals surface area contributed by atoms with Gasteiger partial charge in [0.1, 0.15) is 4.90 Å². The lowest BCUT2D eigenvalue weighted by atomic mass is 10.0. The minimum atomic E-state index is -4.03. The topological polar surface area (TPSA) is 119 Å². The van der Waals surface area contributed by atoms with E-state index in [2.05, 4.69) is 4.98 Å². The van der Waals surface area contributed by atoms with Gasteiger partial charge in [-0.2, -0.15) is 5.26 Å². The Balaban J connectivity index is 2.02. The van der Waals surface area contributed by atoms with Gasteiger partial charge < -0.3 is 0 Å². The summed E-state index contributed by atoms with van der Waals surface area (Å²) in [6.07, 6.45) is 4.11. The summed E-state index contributed by atoms with van der Waals surface area (Å²) in [4.78, 5) is 14.5. The van der Waals surface area contributed by atoms with Crippen LogP contribution in [-0.4, -0.2) is 22.3 Å². The zero-order chi connectivity index (χ0) is 20.6. The first-order valence-corrected chi connectivity index (χ1v) is 9.81. The van der Waals surface area contributed by atoms with Crippen molar-refractivity contribution in [3.05, 3.63) is 88.9 Å². The summed E-state index contributed by atoms with van der Waals surface area (Å²) in [6.45, 7) is 0. The third kappa shape index (κ3) is 3.11. The van der Waals surface area contributed by atoms with Crippen molar-refractivity contribution in [2.45, 2.75) is 4.90 Å². The van der Waals surface area contributed by atoms with E-state index in [1.807, 2.05) is 6.07 Å². The number of nitrogens with zero attached hydrogens (tertiary/aromatic N) is 4. The lowest BCUT2D eigenvalue weighted by Crippen LogP contribution is -2.12. The maximum Gasteiger partial charge on any atom is 0.271 e. The highest BCUT2D eigenvalue weighted by Crippen LogP contribution is 2.35. The van der Waals surface area contributed by atoms with Crippen LogP contribution in [-0.2, 0) is 10.0 Å². The fourth-order valence-corrected chi connectivity index (χ4v) is 4.39. The third-order valence-corrected chi connectivity index (χ3v) is 6.14. The van der Waals surface area contributed by atoms with Crippen molar-refractivity contribution in [2.75, 3.05) is 0 Å². The van der Waals surface area contributed by atoms with Gasteiger partial charge >= 0.3 is 0 Å². The number of hydrogen-bond donors (Lipinski definition) is 0. The number of fused-ring (bicyclic) bond motifs is 1. The zero-order valence-electron chi connectivity index (χ0n) is 14.8. The number of nitriles is 1. The smallest absolute Gasteiger partial charge is 0.263 e. The largest absolute Gasteiger partial charge is 0.271 e. The second-order valence-electron chi connectivity index (χ2n) is 6.18. The molecule has 0 aliphatic rings. The van der Waals surface area contributed by atoms with Gasteiger partial charge in [0, 0.05) is 41.7 Å². The molecule has 0 amide bonds. The average Bonchev–Trinajstić information content (AvgIpc) is 3.14. The van der Waals surface area contributed by atoms with E-state index in [4.69, 9.17) is 5.26 Å². The molecule has 142 valence electrons. The first kappa shape index (κ1) is 18.3. The summed E-state index contributed by atoms with van der Waals surface area (Å²) in [6, 6.07) is 15.7. The highest BCUT2D eigenvalue weighted by molar-refractivity contribution is 7.90. The van der Waals surface area contributed by atoms with Gasteiger partial charge in [-0.05, 0) is 35.9 Å². The molecule has 0 aliphatic carbocycles. The Morgan fingerprint density at radius 3 is 2.48 bits per heavy atom. The predicted octanol–water partition coefficient (Wildman–Crippen LogP) is 3.72. The molecular formula is C20H12N4O4S. The molecule has 2 aromatic heterocycles. The first-order chi connectivity index (χ1) is 13.9. The summed E-state index contributed by atoms with van der Waals surface area (Å²) >= 11 is 0. The SMILES string of the molecule is N#Cc1ccc(-c2cn(S(=O)(=O)c3cccnc3)c3cc([N+](=O)[O-])ccc23)cc1. The molecule has 0 fully saturated rings. The summed E-state index contributed by atoms with van der Waals surface area (Å²) in [5.74, 6) is 0. The van der Waals surface area contributed by atoms with Crippen LogP contribution < -0.4 is 0 Å². The molecule has 29 heavy (non-hydrogen) atoms. The fraction of sp³-hybridized carbons (Fsp3) is 0. The molecule has 0 atom stereocenters. The monoisotopic (exact) mass is 404 g/mol. The first-order valence-electron chi connectivity index (χ1n) is 8.37. The van der Waals surface area contributed by atoms with Crippen molar-refractivity contribution < 1.29 is 13.3 Å². The van der Waals surface area contributed by atoms with Gasteiger partial charge in [-0.25, -0.2) is 12.4 Å². The minimum absolute atomic E-state index is 0.0326. The van der Waals surface area contributed by atoms with Gasteiger partial charge in [0.25, 0.3) is 15.7 Å². The lowest BCUT2D eigenvalue weighted by Gasteiger charge is -2.06. The van der Waals surface area contributed by atoms with E-state index in [0.29, 0.717) is 22.1 Å². The van der Waals surface area contributed by atoms with Crippen molar-refractivity contribution >= 4 is 26.6 Å². The van der Waals surface area contributed by atoms with Crippen molar-refractivity contribution in [1.82, 2.24) is 8.96 Å². The fourth-order valence-electron chi connectivity index (χ4n) is 3.07. The quantitative estimate of drug-likeness (QED) is 0.378. The molecular weight excluding hydrogens is 392 g/mol. The van der Waals surface area contributed by atoms with E-state index >= 15 is 0 Å². The van der Waals surface area contributed by atoms with Gasteiger partial charge in [-0.1, -0.05) is 12.1 Å². The van der Waals surface area contributed by atoms with Crippen LogP contribution in [0.1, 0.15) is 5.56 Å². The lowest BCUT2D eigenvalue weighted by molar-refractivity contribution is -0.384. The number of rotatable bonds is 4. The van der Waals surface area contributed by atoms with E-state index in [1.54, 1.807) is 24.3 Å². The summed E-state index contributed by atoms with van der Waals surface area (Å²) in [7, 11) is -4.03. The molecule has 0 saturated carbocycles. The van der Waals surface area contributed by atoms with Crippen LogP contribution in [0.3, 0.4) is 0 Å². The summed E-state index contributed by atoms with van der Waals surface area (Å²) in [5.41, 5.74) is 1.69. The van der Waals surface area contributed by atoms with E-state index < -0.39 is 14.9 Å². The number of non-ortho nitro benzene ring substituents is 1. The Bertz CT molecular complexity index is 1390. The molecule has 0 spiro atoms. The van der Waals surface area contributed by atoms with Crippen molar-refractivity contribution in [2.24, 2.45) is 0 Å². The zero-order valence-corrected chi connectivity index (χ0v) is 15.6. The second kappa shape index (κ2) is 6.85. The number of aromatic nitrogens is 2. The molecule has 0 aliphatic heterocycles. The van der Waals surface area contributed by atoms with Crippen LogP contribution >= 0.6 is 0 Å². The van der Waals surface area contributed by atoms with E-state index in [9.17, 15) is 18.5 Å². The number of hydrogen-bond acceptors (Lipinski definition) is 6. The van der Waals surface area contributed by atoms with Crippen LogP contribution in [0.2, 0.25) is 0 Å². The molecule has 2 heterocycles. The minimum Gasteiger partial charge on any atom is -0.263 e. The molecule has 0 unspecified atom stereocenters. The Hall–Kier alpha value is -4.03. The Kier molecular flexibility index (Phi) is 4.33. The molecule has 0 N–H and O–H groups in total. The van der Waals surface area contributed by atoms with Crippen molar-refractivity contribution in [3.8, 4) is 17.2 Å². The van der Waals surface area contributed by atoms with E-state index in [-0.39, 0.29) is 16.1 Å². The Morgan fingerprint density at radius 2 is 1.86 bits per heavy atom. The van der Waals surface area contributed by atoms with Crippen LogP contribution in [0.4, 0.5) is 5.69 Å². The molecule has 8 nitrogen and oxygen atoms in total. The molecule has 9 heteroatoms. The molecule has 0 radical (unpaired) electrons. The van der Waals surface area contributed by atoms with E-state index in [0.717, 1.165) is 3.97 Å². The van der Waals surface area contributed by atoms with Gasteiger partial charge in [0.05, 0.1) is 22.1 Å². The average molecular weight is 404 g/mol. The standard InChI is InChI=1S/C20H12N4O4S/c21-11-14-3-5-15(6-4-14)19-13-23(29(27,28)17-2-1-9-22-12-17)20-10-16(24(25)26)7-8-18(19)20/h1-10,12-13H. The van der Waals surface area contributed by atoms with Gasteiger partial charge in [0.2, 0.25) is 0 Å². The van der Waals surface area contributed by atoms with Crippen LogP contribution in [0.25, 0.3) is 22.0 Å². The highest BCUT2D eigenvalue weighted by Gasteiger charge is 2.23. The van der Waals surface area contributed by atoms with Crippen molar-refractivity contribution in [3.63, 3.8) is 0 Å². The maximum atomic E-state index is 13.2.